The fourth-order valence-corrected chi connectivity index (χ4v) is 7.14. The molecule has 0 aliphatic heterocycles. The largest absolute Gasteiger partial charge is 0.441 e. The molecule has 5 nitrogen and oxygen atoms in total. The number of fused-ring (bicyclic) bond motifs is 7. The number of para-hydroxylation sites is 2. The molecule has 0 bridgehead atoms. The van der Waals surface area contributed by atoms with Gasteiger partial charge in [0.2, 0.25) is 0 Å². The van der Waals surface area contributed by atoms with Gasteiger partial charge in [-0.05, 0) is 70.4 Å². The van der Waals surface area contributed by atoms with Crippen LogP contribution >= 0.6 is 0 Å². The number of benzene rings is 5. The molecule has 5 heteroatoms. The molecule has 51 heavy (non-hydrogen) atoms. The SMILES string of the molecule is C=C(/N=C(\N=C(/C)c1ccc(C)cc1)c1ccc(C)cc1)n1c2c(c3ccc4c5ccccc5n(C(=C)Oc5ccccc5C)c4c31)=CCCC=2. The third-order valence-electron chi connectivity index (χ3n) is 9.81. The van der Waals surface area contributed by atoms with E-state index < -0.39 is 0 Å². The zero-order valence-corrected chi connectivity index (χ0v) is 29.6. The van der Waals surface area contributed by atoms with Crippen molar-refractivity contribution in [3.63, 3.8) is 0 Å². The van der Waals surface area contributed by atoms with Crippen molar-refractivity contribution in [2.75, 3.05) is 0 Å². The molecule has 0 atom stereocenters. The van der Waals surface area contributed by atoms with Crippen LogP contribution in [-0.4, -0.2) is 20.7 Å². The smallest absolute Gasteiger partial charge is 0.197 e. The van der Waals surface area contributed by atoms with Gasteiger partial charge in [0.15, 0.2) is 11.7 Å². The van der Waals surface area contributed by atoms with Crippen molar-refractivity contribution in [3.8, 4) is 5.75 Å². The van der Waals surface area contributed by atoms with E-state index in [9.17, 15) is 0 Å². The van der Waals surface area contributed by atoms with Crippen molar-refractivity contribution >= 4 is 68.1 Å². The van der Waals surface area contributed by atoms with E-state index in [2.05, 4.69) is 133 Å². The first-order valence-corrected chi connectivity index (χ1v) is 17.5. The van der Waals surface area contributed by atoms with Crippen LogP contribution in [0.1, 0.15) is 47.6 Å². The number of ether oxygens (including phenoxy) is 1. The van der Waals surface area contributed by atoms with Crippen LogP contribution in [0, 0.1) is 20.8 Å². The minimum Gasteiger partial charge on any atom is -0.441 e. The number of amidine groups is 1. The van der Waals surface area contributed by atoms with Crippen LogP contribution in [0.4, 0.5) is 0 Å². The maximum absolute atomic E-state index is 6.56. The van der Waals surface area contributed by atoms with Gasteiger partial charge >= 0.3 is 0 Å². The summed E-state index contributed by atoms with van der Waals surface area (Å²) in [6.45, 7) is 17.4. The van der Waals surface area contributed by atoms with Crippen LogP contribution in [0.3, 0.4) is 0 Å². The van der Waals surface area contributed by atoms with Gasteiger partial charge in [-0.2, -0.15) is 0 Å². The summed E-state index contributed by atoms with van der Waals surface area (Å²) < 4.78 is 10.9. The van der Waals surface area contributed by atoms with E-state index in [1.807, 2.05) is 38.1 Å². The van der Waals surface area contributed by atoms with Gasteiger partial charge in [0.1, 0.15) is 11.6 Å². The molecule has 1 aliphatic carbocycles. The summed E-state index contributed by atoms with van der Waals surface area (Å²) in [5.74, 6) is 2.48. The summed E-state index contributed by atoms with van der Waals surface area (Å²) in [5.41, 5.74) is 9.31. The highest BCUT2D eigenvalue weighted by atomic mass is 16.5. The molecule has 0 radical (unpaired) electrons. The third-order valence-corrected chi connectivity index (χ3v) is 9.81. The summed E-state index contributed by atoms with van der Waals surface area (Å²) in [7, 11) is 0. The predicted octanol–water partition coefficient (Wildman–Crippen LogP) is 9.92. The standard InChI is InChI=1S/C46H40N4O/c1-29-19-23-35(24-20-29)32(4)47-46(36-25-21-30(2)22-26-36)48-33(5)49-41-16-10-8-14-37(41)39-27-28-40-38-15-9-11-17-42(38)50(45(40)44(39)49)34(6)51-43-18-12-7-13-31(43)3/h7,9,11-28H,5-6,8,10H2,1-4H3/b47-32+,48-46-. The Labute approximate surface area is 298 Å². The Kier molecular flexibility index (Phi) is 8.12. The van der Waals surface area contributed by atoms with E-state index >= 15 is 0 Å². The zero-order chi connectivity index (χ0) is 35.2. The molecule has 5 aromatic carbocycles. The number of aryl methyl sites for hydroxylation is 3. The Morgan fingerprint density at radius 2 is 1.25 bits per heavy atom. The Morgan fingerprint density at radius 3 is 2.00 bits per heavy atom. The minimum absolute atomic E-state index is 0.523. The minimum atomic E-state index is 0.523. The lowest BCUT2D eigenvalue weighted by atomic mass is 10.1. The second kappa shape index (κ2) is 12.9. The van der Waals surface area contributed by atoms with Crippen LogP contribution in [0.2, 0.25) is 0 Å². The van der Waals surface area contributed by atoms with Crippen molar-refractivity contribution < 1.29 is 4.74 Å². The number of nitrogens with zero attached hydrogens (tertiary/aromatic N) is 4. The van der Waals surface area contributed by atoms with E-state index in [-0.39, 0.29) is 0 Å². The molecule has 0 saturated carbocycles. The first-order chi connectivity index (χ1) is 24.8. The van der Waals surface area contributed by atoms with Gasteiger partial charge in [0.05, 0.1) is 21.9 Å². The highest BCUT2D eigenvalue weighted by molar-refractivity contribution is 6.19. The summed E-state index contributed by atoms with van der Waals surface area (Å²) in [4.78, 5) is 10.4. The molecule has 0 spiro atoms. The second-order valence-electron chi connectivity index (χ2n) is 13.4. The maximum atomic E-state index is 6.56. The Balaban J connectivity index is 1.40. The van der Waals surface area contributed by atoms with Gasteiger partial charge in [-0.1, -0.05) is 127 Å². The molecule has 0 amide bonds. The Bertz CT molecular complexity index is 2720. The molecule has 2 aromatic heterocycles. The monoisotopic (exact) mass is 664 g/mol. The van der Waals surface area contributed by atoms with Gasteiger partial charge in [-0.25, -0.2) is 9.98 Å². The molecule has 250 valence electrons. The normalized spacial score (nSPS) is 13.3. The summed E-state index contributed by atoms with van der Waals surface area (Å²) in [5, 5.41) is 5.63. The predicted molar refractivity (Wildman–Crippen MR) is 216 cm³/mol. The fourth-order valence-electron chi connectivity index (χ4n) is 7.14. The second-order valence-corrected chi connectivity index (χ2v) is 13.4. The highest BCUT2D eigenvalue weighted by Crippen LogP contribution is 2.37. The number of aliphatic imine (C=N–C) groups is 2. The van der Waals surface area contributed by atoms with E-state index in [1.165, 1.54) is 16.3 Å². The van der Waals surface area contributed by atoms with Crippen molar-refractivity contribution in [3.05, 3.63) is 161 Å². The van der Waals surface area contributed by atoms with Gasteiger partial charge < -0.3 is 4.74 Å². The number of aromatic nitrogens is 2. The number of rotatable bonds is 7. The van der Waals surface area contributed by atoms with E-state index in [4.69, 9.17) is 14.7 Å². The lowest BCUT2D eigenvalue weighted by Gasteiger charge is -2.16. The molecule has 7 aromatic rings. The molecule has 8 rings (SSSR count). The maximum Gasteiger partial charge on any atom is 0.197 e. The van der Waals surface area contributed by atoms with Crippen LogP contribution < -0.4 is 15.3 Å². The van der Waals surface area contributed by atoms with Crippen LogP contribution in [-0.2, 0) is 0 Å². The Morgan fingerprint density at radius 1 is 0.627 bits per heavy atom. The molecule has 0 unspecified atom stereocenters. The zero-order valence-electron chi connectivity index (χ0n) is 29.6. The van der Waals surface area contributed by atoms with Crippen LogP contribution in [0.25, 0.3) is 56.6 Å². The van der Waals surface area contributed by atoms with Gasteiger partial charge in [0.25, 0.3) is 0 Å². The quantitative estimate of drug-likeness (QED) is 0.0951. The molecular formula is C46H40N4O. The Hall–Kier alpha value is -6.20. The van der Waals surface area contributed by atoms with Gasteiger partial charge in [-0.3, -0.25) is 9.13 Å². The first-order valence-electron chi connectivity index (χ1n) is 17.5. The molecule has 0 N–H and O–H groups in total. The summed E-state index contributed by atoms with van der Waals surface area (Å²) in [6.07, 6.45) is 6.55. The van der Waals surface area contributed by atoms with E-state index in [0.717, 1.165) is 79.1 Å². The third kappa shape index (κ3) is 5.71. The lowest BCUT2D eigenvalue weighted by molar-refractivity contribution is 0.484. The first kappa shape index (κ1) is 32.0. The van der Waals surface area contributed by atoms with E-state index in [0.29, 0.717) is 17.5 Å². The van der Waals surface area contributed by atoms with Gasteiger partial charge in [-0.15, -0.1) is 0 Å². The average molecular weight is 665 g/mol. The van der Waals surface area contributed by atoms with Gasteiger partial charge in [0, 0.05) is 32.7 Å². The molecule has 0 saturated heterocycles. The average Bonchev–Trinajstić information content (AvgIpc) is 3.66. The molecule has 1 aliphatic rings. The molecular weight excluding hydrogens is 625 g/mol. The molecule has 2 heterocycles. The highest BCUT2D eigenvalue weighted by Gasteiger charge is 2.22. The number of hydrogen-bond acceptors (Lipinski definition) is 2. The van der Waals surface area contributed by atoms with Crippen molar-refractivity contribution in [2.24, 2.45) is 9.98 Å². The van der Waals surface area contributed by atoms with E-state index in [1.54, 1.807) is 0 Å². The number of hydrogen-bond donors (Lipinski definition) is 0. The van der Waals surface area contributed by atoms with Crippen LogP contribution in [0.5, 0.6) is 5.75 Å². The van der Waals surface area contributed by atoms with Crippen molar-refractivity contribution in [1.82, 2.24) is 9.13 Å². The molecule has 0 fully saturated rings. The van der Waals surface area contributed by atoms with Crippen LogP contribution in [0.15, 0.2) is 132 Å². The van der Waals surface area contributed by atoms with Crippen molar-refractivity contribution in [1.29, 1.82) is 0 Å². The topological polar surface area (TPSA) is 43.8 Å². The fraction of sp³-hybridized carbons (Fsp3) is 0.130. The summed E-state index contributed by atoms with van der Waals surface area (Å²) >= 11 is 0. The summed E-state index contributed by atoms with van der Waals surface area (Å²) in [6, 6.07) is 37.7. The van der Waals surface area contributed by atoms with Crippen molar-refractivity contribution in [2.45, 2.75) is 40.5 Å². The lowest BCUT2D eigenvalue weighted by Crippen LogP contribution is -2.30.